The zero-order chi connectivity index (χ0) is 9.26. The van der Waals surface area contributed by atoms with E-state index in [4.69, 9.17) is 0 Å². The first-order valence-electron chi connectivity index (χ1n) is 5.00. The van der Waals surface area contributed by atoms with E-state index in [-0.39, 0.29) is 0 Å². The van der Waals surface area contributed by atoms with Crippen molar-refractivity contribution in [1.82, 2.24) is 14.9 Å². The Morgan fingerprint density at radius 2 is 2.54 bits per heavy atom. The van der Waals surface area contributed by atoms with E-state index < -0.39 is 0 Å². The largest absolute Gasteiger partial charge is 0.330 e. The first-order chi connectivity index (χ1) is 6.33. The predicted molar refractivity (Wildman–Crippen MR) is 52.9 cm³/mol. The van der Waals surface area contributed by atoms with E-state index in [1.165, 1.54) is 30.7 Å². The van der Waals surface area contributed by atoms with Crippen molar-refractivity contribution in [1.29, 1.82) is 0 Å². The van der Waals surface area contributed by atoms with Crippen LogP contribution in [-0.4, -0.2) is 23.1 Å². The number of imidazole rings is 1. The Bertz CT molecular complexity index is 290. The van der Waals surface area contributed by atoms with Crippen LogP contribution >= 0.6 is 0 Å². The van der Waals surface area contributed by atoms with E-state index in [1.807, 2.05) is 13.4 Å². The van der Waals surface area contributed by atoms with Crippen LogP contribution in [0.3, 0.4) is 0 Å². The monoisotopic (exact) mass is 179 g/mol. The summed E-state index contributed by atoms with van der Waals surface area (Å²) in [5.41, 5.74) is 2.65. The minimum absolute atomic E-state index is 0.620. The van der Waals surface area contributed by atoms with Crippen molar-refractivity contribution in [2.24, 2.45) is 0 Å². The number of likely N-dealkylation sites (N-methyl/N-ethyl adjacent to an activating group) is 1. The maximum atomic E-state index is 4.37. The molecule has 3 heteroatoms. The zero-order valence-corrected chi connectivity index (χ0v) is 8.38. The smallest absolute Gasteiger partial charge is 0.0954 e. The van der Waals surface area contributed by atoms with E-state index in [1.54, 1.807) is 0 Å². The van der Waals surface area contributed by atoms with Gasteiger partial charge < -0.3 is 9.88 Å². The summed E-state index contributed by atoms with van der Waals surface area (Å²) in [6.07, 6.45) is 5.78. The molecular formula is C10H17N3. The Labute approximate surface area is 79.2 Å². The number of hydrogen-bond acceptors (Lipinski definition) is 2. The van der Waals surface area contributed by atoms with Gasteiger partial charge in [-0.05, 0) is 33.2 Å². The minimum atomic E-state index is 0.620. The van der Waals surface area contributed by atoms with Crippen LogP contribution in [0.25, 0.3) is 0 Å². The lowest BCUT2D eigenvalue weighted by Gasteiger charge is -2.25. The van der Waals surface area contributed by atoms with Gasteiger partial charge in [-0.25, -0.2) is 4.98 Å². The molecule has 72 valence electrons. The average Bonchev–Trinajstić information content (AvgIpc) is 2.50. The molecular weight excluding hydrogens is 162 g/mol. The molecule has 0 saturated heterocycles. The number of fused-ring (bicyclic) bond motifs is 1. The molecule has 0 saturated carbocycles. The lowest BCUT2D eigenvalue weighted by atomic mass is 10.0. The summed E-state index contributed by atoms with van der Waals surface area (Å²) >= 11 is 0. The van der Waals surface area contributed by atoms with Gasteiger partial charge in [-0.15, -0.1) is 0 Å². The third-order valence-corrected chi connectivity index (χ3v) is 2.89. The molecule has 1 aliphatic heterocycles. The second kappa shape index (κ2) is 3.50. The molecule has 0 amide bonds. The van der Waals surface area contributed by atoms with Crippen LogP contribution in [0.5, 0.6) is 0 Å². The zero-order valence-electron chi connectivity index (χ0n) is 8.38. The number of hydrogen-bond donors (Lipinski definition) is 1. The molecule has 1 unspecified atom stereocenters. The summed E-state index contributed by atoms with van der Waals surface area (Å²) in [5, 5.41) is 3.24. The molecule has 0 radical (unpaired) electrons. The van der Waals surface area contributed by atoms with Crippen molar-refractivity contribution >= 4 is 0 Å². The highest BCUT2D eigenvalue weighted by Gasteiger charge is 2.20. The maximum Gasteiger partial charge on any atom is 0.0954 e. The third kappa shape index (κ3) is 1.48. The standard InChI is InChI=1S/C10H17N3/c1-8-10-5-3-4-9(6-11-2)13(10)7-12-8/h7,9,11H,3-6H2,1-2H3. The van der Waals surface area contributed by atoms with Gasteiger partial charge in [-0.3, -0.25) is 0 Å². The van der Waals surface area contributed by atoms with Gasteiger partial charge in [0.25, 0.3) is 0 Å². The van der Waals surface area contributed by atoms with Gasteiger partial charge in [0.05, 0.1) is 12.0 Å². The fourth-order valence-corrected chi connectivity index (χ4v) is 2.18. The summed E-state index contributed by atoms with van der Waals surface area (Å²) in [4.78, 5) is 4.37. The summed E-state index contributed by atoms with van der Waals surface area (Å²) < 4.78 is 2.34. The van der Waals surface area contributed by atoms with E-state index >= 15 is 0 Å². The molecule has 13 heavy (non-hydrogen) atoms. The number of nitrogens with one attached hydrogen (secondary N) is 1. The fourth-order valence-electron chi connectivity index (χ4n) is 2.18. The van der Waals surface area contributed by atoms with Crippen LogP contribution in [-0.2, 0) is 6.42 Å². The molecule has 2 rings (SSSR count). The lowest BCUT2D eigenvalue weighted by molar-refractivity contribution is 0.389. The molecule has 1 atom stereocenters. The fraction of sp³-hybridized carbons (Fsp3) is 0.700. The van der Waals surface area contributed by atoms with Gasteiger partial charge in [0.15, 0.2) is 0 Å². The van der Waals surface area contributed by atoms with Crippen molar-refractivity contribution in [3.63, 3.8) is 0 Å². The van der Waals surface area contributed by atoms with Gasteiger partial charge >= 0.3 is 0 Å². The molecule has 0 spiro atoms. The second-order valence-corrected chi connectivity index (χ2v) is 3.79. The third-order valence-electron chi connectivity index (χ3n) is 2.89. The summed E-state index contributed by atoms with van der Waals surface area (Å²) in [6.45, 7) is 3.16. The Hall–Kier alpha value is -0.830. The molecule has 1 aromatic rings. The molecule has 2 heterocycles. The highest BCUT2D eigenvalue weighted by Crippen LogP contribution is 2.25. The first-order valence-corrected chi connectivity index (χ1v) is 5.00. The minimum Gasteiger partial charge on any atom is -0.330 e. The van der Waals surface area contributed by atoms with Gasteiger partial charge in [-0.2, -0.15) is 0 Å². The Kier molecular flexibility index (Phi) is 2.36. The SMILES string of the molecule is CNCC1CCCc2c(C)ncn21. The number of aryl methyl sites for hydroxylation is 1. The van der Waals surface area contributed by atoms with Gasteiger partial charge in [0.1, 0.15) is 0 Å². The van der Waals surface area contributed by atoms with Gasteiger partial charge in [0.2, 0.25) is 0 Å². The van der Waals surface area contributed by atoms with Crippen LogP contribution in [0.4, 0.5) is 0 Å². The van der Waals surface area contributed by atoms with Crippen molar-refractivity contribution in [3.05, 3.63) is 17.7 Å². The van der Waals surface area contributed by atoms with Crippen LogP contribution in [0, 0.1) is 6.92 Å². The summed E-state index contributed by atoms with van der Waals surface area (Å²) in [6, 6.07) is 0.620. The number of aromatic nitrogens is 2. The quantitative estimate of drug-likeness (QED) is 0.741. The molecule has 0 aromatic carbocycles. The molecule has 3 nitrogen and oxygen atoms in total. The van der Waals surface area contributed by atoms with Crippen LogP contribution in [0.15, 0.2) is 6.33 Å². The van der Waals surface area contributed by atoms with Crippen molar-refractivity contribution < 1.29 is 0 Å². The van der Waals surface area contributed by atoms with Crippen molar-refractivity contribution in [2.45, 2.75) is 32.2 Å². The average molecular weight is 179 g/mol. The Morgan fingerprint density at radius 1 is 1.69 bits per heavy atom. The molecule has 0 fully saturated rings. The molecule has 1 aromatic heterocycles. The van der Waals surface area contributed by atoms with Crippen LogP contribution in [0.1, 0.15) is 30.3 Å². The highest BCUT2D eigenvalue weighted by atomic mass is 15.1. The van der Waals surface area contributed by atoms with Crippen LogP contribution < -0.4 is 5.32 Å². The molecule has 0 aliphatic carbocycles. The number of nitrogens with zero attached hydrogens (tertiary/aromatic N) is 2. The maximum absolute atomic E-state index is 4.37. The normalized spacial score (nSPS) is 21.5. The summed E-state index contributed by atoms with van der Waals surface area (Å²) in [5.74, 6) is 0. The van der Waals surface area contributed by atoms with E-state index in [0.717, 1.165) is 6.54 Å². The summed E-state index contributed by atoms with van der Waals surface area (Å²) in [7, 11) is 2.01. The predicted octanol–water partition coefficient (Wildman–Crippen LogP) is 1.29. The lowest BCUT2D eigenvalue weighted by Crippen LogP contribution is -2.26. The topological polar surface area (TPSA) is 29.9 Å². The Morgan fingerprint density at radius 3 is 3.31 bits per heavy atom. The molecule has 0 bridgehead atoms. The van der Waals surface area contributed by atoms with E-state index in [0.29, 0.717) is 6.04 Å². The Balaban J connectivity index is 2.27. The van der Waals surface area contributed by atoms with Crippen molar-refractivity contribution in [2.75, 3.05) is 13.6 Å². The van der Waals surface area contributed by atoms with E-state index in [2.05, 4.69) is 21.8 Å². The molecule has 1 aliphatic rings. The van der Waals surface area contributed by atoms with E-state index in [9.17, 15) is 0 Å². The van der Waals surface area contributed by atoms with Gasteiger partial charge in [-0.1, -0.05) is 0 Å². The van der Waals surface area contributed by atoms with Gasteiger partial charge in [0, 0.05) is 18.3 Å². The second-order valence-electron chi connectivity index (χ2n) is 3.79. The first kappa shape index (κ1) is 8.75. The number of rotatable bonds is 2. The van der Waals surface area contributed by atoms with Crippen LogP contribution in [0.2, 0.25) is 0 Å². The molecule has 1 N–H and O–H groups in total. The highest BCUT2D eigenvalue weighted by molar-refractivity contribution is 5.14. The van der Waals surface area contributed by atoms with Crippen molar-refractivity contribution in [3.8, 4) is 0 Å².